The molecule has 3 aromatic rings. The number of aryl methyl sites for hydroxylation is 1. The maximum Gasteiger partial charge on any atom is 0.290 e. The van der Waals surface area contributed by atoms with Gasteiger partial charge in [0.15, 0.2) is 0 Å². The van der Waals surface area contributed by atoms with E-state index in [9.17, 15) is 4.79 Å². The summed E-state index contributed by atoms with van der Waals surface area (Å²) < 4.78 is 7.17. The number of hydrogen-bond acceptors (Lipinski definition) is 5. The molecular weight excluding hydrogens is 354 g/mol. The third kappa shape index (κ3) is 3.61. The first-order valence-corrected chi connectivity index (χ1v) is 9.35. The van der Waals surface area contributed by atoms with Crippen molar-refractivity contribution in [3.8, 4) is 0 Å². The molecule has 1 aromatic carbocycles. The van der Waals surface area contributed by atoms with Crippen LogP contribution in [0, 0.1) is 6.92 Å². The molecule has 1 aliphatic heterocycles. The van der Waals surface area contributed by atoms with Gasteiger partial charge in [0.05, 0.1) is 24.6 Å². The number of carbonyl (C=O) groups is 1. The van der Waals surface area contributed by atoms with Crippen molar-refractivity contribution in [3.05, 3.63) is 65.6 Å². The summed E-state index contributed by atoms with van der Waals surface area (Å²) in [6.07, 6.45) is 1.82. The lowest BCUT2D eigenvalue weighted by atomic mass is 10.1. The molecule has 1 saturated heterocycles. The summed E-state index contributed by atoms with van der Waals surface area (Å²) in [6, 6.07) is 13.8. The number of ether oxygens (including phenoxy) is 1. The molecule has 0 radical (unpaired) electrons. The van der Waals surface area contributed by atoms with Gasteiger partial charge in [-0.2, -0.15) is 5.10 Å². The van der Waals surface area contributed by atoms with E-state index in [-0.39, 0.29) is 5.91 Å². The highest BCUT2D eigenvalue weighted by Gasteiger charge is 2.16. The van der Waals surface area contributed by atoms with E-state index in [1.54, 1.807) is 4.40 Å². The second-order valence-electron chi connectivity index (χ2n) is 6.76. The summed E-state index contributed by atoms with van der Waals surface area (Å²) in [5.74, 6) is -0.277. The molecule has 1 N–H and O–H groups in total. The molecule has 144 valence electrons. The minimum atomic E-state index is -0.277. The zero-order chi connectivity index (χ0) is 19.5. The molecule has 0 aliphatic carbocycles. The predicted octanol–water partition coefficient (Wildman–Crippen LogP) is 2.63. The van der Waals surface area contributed by atoms with Gasteiger partial charge >= 0.3 is 0 Å². The molecule has 2 aromatic heterocycles. The predicted molar refractivity (Wildman–Crippen MR) is 109 cm³/mol. The summed E-state index contributed by atoms with van der Waals surface area (Å²) in [5, 5.41) is 4.28. The largest absolute Gasteiger partial charge is 0.378 e. The van der Waals surface area contributed by atoms with Crippen LogP contribution in [-0.2, 0) is 4.74 Å². The van der Waals surface area contributed by atoms with E-state index in [4.69, 9.17) is 4.74 Å². The van der Waals surface area contributed by atoms with E-state index in [0.29, 0.717) is 11.4 Å². The molecule has 0 unspecified atom stereocenters. The Bertz CT molecular complexity index is 1020. The maximum atomic E-state index is 12.6. The number of amides is 1. The number of aromatic nitrogens is 2. The highest BCUT2D eigenvalue weighted by atomic mass is 16.5. The number of morpholine rings is 1. The Labute approximate surface area is 163 Å². The molecule has 0 spiro atoms. The van der Waals surface area contributed by atoms with Crippen molar-refractivity contribution < 1.29 is 9.53 Å². The average Bonchev–Trinajstić information content (AvgIpc) is 3.08. The number of fused-ring (bicyclic) bond motifs is 1. The van der Waals surface area contributed by atoms with Crippen LogP contribution in [-0.4, -0.2) is 47.3 Å². The Hall–Kier alpha value is -3.19. The Morgan fingerprint density at radius 3 is 2.64 bits per heavy atom. The second-order valence-corrected chi connectivity index (χ2v) is 6.76. The number of pyridine rings is 1. The van der Waals surface area contributed by atoms with Crippen LogP contribution in [0.2, 0.25) is 0 Å². The van der Waals surface area contributed by atoms with E-state index < -0.39 is 0 Å². The lowest BCUT2D eigenvalue weighted by Crippen LogP contribution is -2.36. The van der Waals surface area contributed by atoms with Gasteiger partial charge in [0.2, 0.25) is 0 Å². The van der Waals surface area contributed by atoms with Crippen LogP contribution in [0.3, 0.4) is 0 Å². The maximum absolute atomic E-state index is 12.6. The number of carbonyl (C=O) groups excluding carboxylic acids is 1. The molecule has 28 heavy (non-hydrogen) atoms. The number of imidazole rings is 1. The number of rotatable bonds is 4. The van der Waals surface area contributed by atoms with Crippen molar-refractivity contribution in [1.82, 2.24) is 14.8 Å². The van der Waals surface area contributed by atoms with Crippen molar-refractivity contribution in [2.45, 2.75) is 13.8 Å². The van der Waals surface area contributed by atoms with Gasteiger partial charge in [0.1, 0.15) is 11.3 Å². The minimum absolute atomic E-state index is 0.277. The van der Waals surface area contributed by atoms with Crippen LogP contribution >= 0.6 is 0 Å². The van der Waals surface area contributed by atoms with Crippen LogP contribution < -0.4 is 10.3 Å². The Morgan fingerprint density at radius 1 is 1.14 bits per heavy atom. The van der Waals surface area contributed by atoms with Crippen molar-refractivity contribution in [3.63, 3.8) is 0 Å². The minimum Gasteiger partial charge on any atom is -0.378 e. The molecule has 0 atom stereocenters. The van der Waals surface area contributed by atoms with E-state index in [0.717, 1.165) is 43.2 Å². The Morgan fingerprint density at radius 2 is 1.89 bits per heavy atom. The van der Waals surface area contributed by atoms with Crippen LogP contribution in [0.15, 0.2) is 53.8 Å². The molecule has 4 rings (SSSR count). The van der Waals surface area contributed by atoms with Gasteiger partial charge in [-0.3, -0.25) is 9.20 Å². The molecule has 1 aliphatic rings. The fourth-order valence-electron chi connectivity index (χ4n) is 3.37. The lowest BCUT2D eigenvalue weighted by Gasteiger charge is -2.28. The summed E-state index contributed by atoms with van der Waals surface area (Å²) in [7, 11) is 0. The van der Waals surface area contributed by atoms with Crippen molar-refractivity contribution in [2.75, 3.05) is 31.2 Å². The normalized spacial score (nSPS) is 15.1. The SMILES string of the molecule is CC(=NNC(=O)c1c(C)nc2ccccn12)c1ccc(N2CCOCC2)cc1. The van der Waals surface area contributed by atoms with Gasteiger partial charge < -0.3 is 9.64 Å². The molecule has 3 heterocycles. The number of hydrogen-bond donors (Lipinski definition) is 1. The van der Waals surface area contributed by atoms with Crippen molar-refractivity contribution in [1.29, 1.82) is 0 Å². The molecular formula is C21H23N5O2. The summed E-state index contributed by atoms with van der Waals surface area (Å²) >= 11 is 0. The number of hydrazone groups is 1. The fraction of sp³-hybridized carbons (Fsp3) is 0.286. The van der Waals surface area contributed by atoms with Crippen LogP contribution in [0.25, 0.3) is 5.65 Å². The van der Waals surface area contributed by atoms with E-state index >= 15 is 0 Å². The first-order chi connectivity index (χ1) is 13.6. The van der Waals surface area contributed by atoms with E-state index in [1.165, 1.54) is 5.69 Å². The van der Waals surface area contributed by atoms with Crippen molar-refractivity contribution in [2.24, 2.45) is 5.10 Å². The van der Waals surface area contributed by atoms with Crippen LogP contribution in [0.1, 0.15) is 28.7 Å². The van der Waals surface area contributed by atoms with Gasteiger partial charge in [-0.25, -0.2) is 10.4 Å². The summed E-state index contributed by atoms with van der Waals surface area (Å²) in [6.45, 7) is 7.03. The van der Waals surface area contributed by atoms with Crippen LogP contribution in [0.5, 0.6) is 0 Å². The first-order valence-electron chi connectivity index (χ1n) is 9.35. The smallest absolute Gasteiger partial charge is 0.290 e. The van der Waals surface area contributed by atoms with Gasteiger partial charge in [0, 0.05) is 25.0 Å². The first kappa shape index (κ1) is 18.2. The number of nitrogens with zero attached hydrogens (tertiary/aromatic N) is 4. The quantitative estimate of drug-likeness (QED) is 0.560. The fourth-order valence-corrected chi connectivity index (χ4v) is 3.37. The topological polar surface area (TPSA) is 71.2 Å². The summed E-state index contributed by atoms with van der Waals surface area (Å²) in [5.41, 5.74) is 7.44. The van der Waals surface area contributed by atoms with Crippen LogP contribution in [0.4, 0.5) is 5.69 Å². The van der Waals surface area contributed by atoms with Gasteiger partial charge in [-0.1, -0.05) is 18.2 Å². The number of anilines is 1. The molecule has 0 saturated carbocycles. The second kappa shape index (κ2) is 7.82. The Kier molecular flexibility index (Phi) is 5.08. The number of nitrogens with one attached hydrogen (secondary N) is 1. The standard InChI is InChI=1S/C21H23N5O2/c1-15(17-6-8-18(9-7-17)25-11-13-28-14-12-25)23-24-21(27)20-16(2)22-19-5-3-4-10-26(19)20/h3-10H,11-14H2,1-2H3,(H,24,27). The Balaban J connectivity index is 1.48. The van der Waals surface area contributed by atoms with Gasteiger partial charge in [-0.05, 0) is 43.7 Å². The highest BCUT2D eigenvalue weighted by molar-refractivity contribution is 6.01. The molecule has 1 amide bonds. The van der Waals surface area contributed by atoms with E-state index in [1.807, 2.05) is 50.4 Å². The molecule has 7 heteroatoms. The monoisotopic (exact) mass is 377 g/mol. The van der Waals surface area contributed by atoms with Gasteiger partial charge in [0.25, 0.3) is 5.91 Å². The summed E-state index contributed by atoms with van der Waals surface area (Å²) in [4.78, 5) is 19.4. The van der Waals surface area contributed by atoms with Crippen molar-refractivity contribution >= 4 is 23.0 Å². The molecule has 1 fully saturated rings. The average molecular weight is 377 g/mol. The third-order valence-corrected chi connectivity index (χ3v) is 4.91. The van der Waals surface area contributed by atoms with Gasteiger partial charge in [-0.15, -0.1) is 0 Å². The highest BCUT2D eigenvalue weighted by Crippen LogP contribution is 2.17. The third-order valence-electron chi connectivity index (χ3n) is 4.91. The lowest BCUT2D eigenvalue weighted by molar-refractivity contribution is 0.0948. The number of benzene rings is 1. The molecule has 0 bridgehead atoms. The van der Waals surface area contributed by atoms with E-state index in [2.05, 4.69) is 32.5 Å². The zero-order valence-corrected chi connectivity index (χ0v) is 16.1. The molecule has 7 nitrogen and oxygen atoms in total. The zero-order valence-electron chi connectivity index (χ0n) is 16.1.